The normalized spacial score (nSPS) is 15.0. The zero-order valence-electron chi connectivity index (χ0n) is 17.6. The average Bonchev–Trinajstić information content (AvgIpc) is 2.80. The minimum absolute atomic E-state index is 0.0557. The lowest BCUT2D eigenvalue weighted by molar-refractivity contribution is 0.0342. The van der Waals surface area contributed by atoms with Gasteiger partial charge < -0.3 is 15.5 Å². The molecule has 1 saturated heterocycles. The Morgan fingerprint density at radius 2 is 1.71 bits per heavy atom. The maximum Gasteiger partial charge on any atom is 0.256 e. The van der Waals surface area contributed by atoms with Gasteiger partial charge in [-0.2, -0.15) is 0 Å². The highest BCUT2D eigenvalue weighted by atomic mass is 16.5. The quantitative estimate of drug-likeness (QED) is 0.490. The van der Waals surface area contributed by atoms with Gasteiger partial charge in [0.2, 0.25) is 0 Å². The zero-order valence-corrected chi connectivity index (χ0v) is 17.6. The number of nitrogens with zero attached hydrogens (tertiary/aromatic N) is 1. The summed E-state index contributed by atoms with van der Waals surface area (Å²) in [5, 5.41) is 3.78. The summed E-state index contributed by atoms with van der Waals surface area (Å²) in [6.45, 7) is 5.13. The smallest absolute Gasteiger partial charge is 0.256 e. The Hall–Kier alpha value is -2.99. The topological polar surface area (TPSA) is 71.4 Å². The number of ether oxygens (including phenoxy) is 1. The van der Waals surface area contributed by atoms with Crippen LogP contribution in [-0.4, -0.2) is 42.7 Å². The van der Waals surface area contributed by atoms with E-state index < -0.39 is 0 Å². The molecular weight excluding hydrogens is 386 g/mol. The van der Waals surface area contributed by atoms with Crippen LogP contribution < -0.4 is 11.3 Å². The molecule has 1 aliphatic heterocycles. The minimum Gasteiger partial charge on any atom is -0.379 e. The van der Waals surface area contributed by atoms with Crippen LogP contribution >= 0.6 is 0 Å². The predicted molar refractivity (Wildman–Crippen MR) is 126 cm³/mol. The Kier molecular flexibility index (Phi) is 5.55. The Morgan fingerprint density at radius 1 is 0.935 bits per heavy atom. The van der Waals surface area contributed by atoms with Crippen LogP contribution in [0, 0.1) is 0 Å². The van der Waals surface area contributed by atoms with Crippen molar-refractivity contribution < 1.29 is 4.74 Å². The Labute approximate surface area is 181 Å². The number of fused-ring (bicyclic) bond motifs is 3. The molecule has 0 atom stereocenters. The van der Waals surface area contributed by atoms with E-state index in [4.69, 9.17) is 10.5 Å². The van der Waals surface area contributed by atoms with Gasteiger partial charge in [-0.3, -0.25) is 9.69 Å². The van der Waals surface area contributed by atoms with E-state index in [9.17, 15) is 4.79 Å². The van der Waals surface area contributed by atoms with Crippen molar-refractivity contribution in [3.8, 4) is 11.1 Å². The lowest BCUT2D eigenvalue weighted by Gasteiger charge is -2.26. The fraction of sp³-hybridized carbons (Fsp3) is 0.269. The largest absolute Gasteiger partial charge is 0.379 e. The summed E-state index contributed by atoms with van der Waals surface area (Å²) in [6, 6.07) is 19.2. The molecule has 0 bridgehead atoms. The summed E-state index contributed by atoms with van der Waals surface area (Å²) >= 11 is 0. The molecule has 3 N–H and O–H groups in total. The summed E-state index contributed by atoms with van der Waals surface area (Å²) < 4.78 is 5.44. The van der Waals surface area contributed by atoms with Gasteiger partial charge in [-0.1, -0.05) is 42.5 Å². The number of pyridine rings is 1. The van der Waals surface area contributed by atoms with Crippen LogP contribution in [0.1, 0.15) is 11.1 Å². The third kappa shape index (κ3) is 4.00. The molecule has 3 aromatic carbocycles. The Morgan fingerprint density at radius 3 is 2.48 bits per heavy atom. The molecule has 0 radical (unpaired) electrons. The van der Waals surface area contributed by atoms with E-state index in [-0.39, 0.29) is 5.56 Å². The monoisotopic (exact) mass is 413 g/mol. The average molecular weight is 414 g/mol. The summed E-state index contributed by atoms with van der Waals surface area (Å²) in [5.74, 6) is 0. The van der Waals surface area contributed by atoms with Crippen LogP contribution in [0.25, 0.3) is 32.7 Å². The van der Waals surface area contributed by atoms with E-state index in [2.05, 4.69) is 58.4 Å². The number of hydrogen-bond acceptors (Lipinski definition) is 4. The molecule has 0 saturated carbocycles. The molecule has 5 heteroatoms. The van der Waals surface area contributed by atoms with E-state index in [0.29, 0.717) is 6.54 Å². The molecule has 158 valence electrons. The van der Waals surface area contributed by atoms with Crippen molar-refractivity contribution in [2.75, 3.05) is 32.8 Å². The fourth-order valence-electron chi connectivity index (χ4n) is 4.55. The van der Waals surface area contributed by atoms with E-state index in [1.54, 1.807) is 6.20 Å². The molecule has 1 fully saturated rings. The second kappa shape index (κ2) is 8.63. The standard InChI is InChI=1S/C26H27N3O2/c27-9-7-21-15-22-8-10-28-26(30)25(22)24-16-20(5-6-23(21)24)19-3-1-18(2-4-19)17-29-11-13-31-14-12-29/h1-6,8,10,15-16H,7,9,11-14,17,27H2,(H,28,30). The maximum atomic E-state index is 12.6. The number of aromatic amines is 1. The van der Waals surface area contributed by atoms with Gasteiger partial charge in [0, 0.05) is 25.8 Å². The number of nitrogens with one attached hydrogen (secondary N) is 1. The lowest BCUT2D eigenvalue weighted by atomic mass is 9.93. The molecule has 0 aliphatic carbocycles. The summed E-state index contributed by atoms with van der Waals surface area (Å²) in [7, 11) is 0. The van der Waals surface area contributed by atoms with Crippen molar-refractivity contribution in [3.05, 3.63) is 82.3 Å². The molecule has 0 unspecified atom stereocenters. The van der Waals surface area contributed by atoms with Gasteiger partial charge in [-0.25, -0.2) is 0 Å². The van der Waals surface area contributed by atoms with Crippen molar-refractivity contribution in [3.63, 3.8) is 0 Å². The van der Waals surface area contributed by atoms with Crippen LogP contribution in [0.3, 0.4) is 0 Å². The van der Waals surface area contributed by atoms with E-state index >= 15 is 0 Å². The summed E-state index contributed by atoms with van der Waals surface area (Å²) in [4.78, 5) is 17.9. The van der Waals surface area contributed by atoms with Crippen LogP contribution in [0.15, 0.2) is 65.6 Å². The van der Waals surface area contributed by atoms with Gasteiger partial charge in [0.05, 0.1) is 18.6 Å². The first kappa shape index (κ1) is 19.9. The van der Waals surface area contributed by atoms with Gasteiger partial charge in [-0.15, -0.1) is 0 Å². The third-order valence-corrected chi connectivity index (χ3v) is 6.17. The maximum absolute atomic E-state index is 12.6. The molecule has 31 heavy (non-hydrogen) atoms. The van der Waals surface area contributed by atoms with Crippen molar-refractivity contribution in [2.45, 2.75) is 13.0 Å². The number of morpholine rings is 1. The highest BCUT2D eigenvalue weighted by Gasteiger charge is 2.12. The van der Waals surface area contributed by atoms with Crippen LogP contribution in [0.2, 0.25) is 0 Å². The number of H-pyrrole nitrogens is 1. The van der Waals surface area contributed by atoms with Gasteiger partial charge in [0.25, 0.3) is 5.56 Å². The molecule has 5 rings (SSSR count). The molecular formula is C26H27N3O2. The van der Waals surface area contributed by atoms with Crippen molar-refractivity contribution >= 4 is 21.5 Å². The zero-order chi connectivity index (χ0) is 21.2. The fourth-order valence-corrected chi connectivity index (χ4v) is 4.55. The number of benzene rings is 3. The van der Waals surface area contributed by atoms with Gasteiger partial charge in [0.15, 0.2) is 0 Å². The molecule has 0 amide bonds. The first-order valence-electron chi connectivity index (χ1n) is 10.9. The van der Waals surface area contributed by atoms with Gasteiger partial charge >= 0.3 is 0 Å². The SMILES string of the molecule is NCCc1cc2cc[nH]c(=O)c2c2cc(-c3ccc(CN4CCOCC4)cc3)ccc12. The molecule has 1 aliphatic rings. The molecule has 0 spiro atoms. The number of nitrogens with two attached hydrogens (primary N) is 1. The first-order chi connectivity index (χ1) is 15.2. The second-order valence-electron chi connectivity index (χ2n) is 8.19. The number of rotatable bonds is 5. The van der Waals surface area contributed by atoms with Crippen LogP contribution in [-0.2, 0) is 17.7 Å². The minimum atomic E-state index is -0.0557. The number of aromatic nitrogens is 1. The highest BCUT2D eigenvalue weighted by Crippen LogP contribution is 2.31. The second-order valence-corrected chi connectivity index (χ2v) is 8.19. The van der Waals surface area contributed by atoms with Crippen LogP contribution in [0.4, 0.5) is 0 Å². The van der Waals surface area contributed by atoms with Crippen molar-refractivity contribution in [2.24, 2.45) is 5.73 Å². The Bertz CT molecular complexity index is 1270. The molecule has 1 aromatic heterocycles. The predicted octanol–water partition coefficient (Wildman–Crippen LogP) is 3.68. The third-order valence-electron chi connectivity index (χ3n) is 6.17. The van der Waals surface area contributed by atoms with Gasteiger partial charge in [-0.05, 0) is 63.5 Å². The Balaban J connectivity index is 1.54. The lowest BCUT2D eigenvalue weighted by Crippen LogP contribution is -2.35. The van der Waals surface area contributed by atoms with Crippen molar-refractivity contribution in [1.82, 2.24) is 9.88 Å². The van der Waals surface area contributed by atoms with E-state index in [0.717, 1.165) is 71.9 Å². The van der Waals surface area contributed by atoms with Crippen molar-refractivity contribution in [1.29, 1.82) is 0 Å². The first-order valence-corrected chi connectivity index (χ1v) is 10.9. The van der Waals surface area contributed by atoms with Crippen LogP contribution in [0.5, 0.6) is 0 Å². The van der Waals surface area contributed by atoms with E-state index in [1.807, 2.05) is 6.07 Å². The molecule has 4 aromatic rings. The highest BCUT2D eigenvalue weighted by molar-refractivity contribution is 6.09. The van der Waals surface area contributed by atoms with E-state index in [1.165, 1.54) is 11.1 Å². The summed E-state index contributed by atoms with van der Waals surface area (Å²) in [5.41, 5.74) is 10.5. The van der Waals surface area contributed by atoms with Gasteiger partial charge in [0.1, 0.15) is 0 Å². The molecule has 2 heterocycles. The summed E-state index contributed by atoms with van der Waals surface area (Å²) in [6.07, 6.45) is 2.49. The number of hydrogen-bond donors (Lipinski definition) is 2. The molecule has 5 nitrogen and oxygen atoms in total.